The quantitative estimate of drug-likeness (QED) is 0.151. The molecule has 0 saturated carbocycles. The molecule has 0 spiro atoms. The molecule has 0 radical (unpaired) electrons. The Bertz CT molecular complexity index is 1370. The monoisotopic (exact) mass is 609 g/mol. The van der Waals surface area contributed by atoms with Crippen molar-refractivity contribution in [3.63, 3.8) is 0 Å². The SMILES string of the molecule is COP(=O)(OC)OCCCC[C@@H](COC(=O)Nc1cc2ccccc2cn1)N(C)C(=O)CCc1cccc(F)c1Cl. The summed E-state index contributed by atoms with van der Waals surface area (Å²) in [5.74, 6) is -0.438. The smallest absolute Gasteiger partial charge is 0.447 e. The van der Waals surface area contributed by atoms with Gasteiger partial charge in [0.1, 0.15) is 18.2 Å². The molecular formula is C28H34ClFN3O7P. The van der Waals surface area contributed by atoms with E-state index in [2.05, 4.69) is 10.3 Å². The Labute approximate surface area is 243 Å². The Kier molecular flexibility index (Phi) is 12.5. The van der Waals surface area contributed by atoms with Crippen LogP contribution in [-0.2, 0) is 34.1 Å². The van der Waals surface area contributed by atoms with Gasteiger partial charge in [0.2, 0.25) is 5.91 Å². The average molecular weight is 610 g/mol. The normalized spacial score (nSPS) is 12.2. The van der Waals surface area contributed by atoms with Crippen molar-refractivity contribution in [2.24, 2.45) is 0 Å². The molecule has 0 aliphatic rings. The highest BCUT2D eigenvalue weighted by atomic mass is 35.5. The molecule has 1 heterocycles. The second-order valence-electron chi connectivity index (χ2n) is 9.15. The van der Waals surface area contributed by atoms with Crippen LogP contribution in [0.25, 0.3) is 10.8 Å². The van der Waals surface area contributed by atoms with Gasteiger partial charge in [-0.25, -0.2) is 18.7 Å². The van der Waals surface area contributed by atoms with Crippen molar-refractivity contribution in [3.8, 4) is 0 Å². The van der Waals surface area contributed by atoms with Crippen LogP contribution in [0.1, 0.15) is 31.2 Å². The number of ether oxygens (including phenoxy) is 1. The number of phosphoric ester groups is 1. The molecule has 10 nitrogen and oxygen atoms in total. The van der Waals surface area contributed by atoms with E-state index in [1.165, 1.54) is 25.2 Å². The van der Waals surface area contributed by atoms with Gasteiger partial charge >= 0.3 is 13.9 Å². The van der Waals surface area contributed by atoms with Gasteiger partial charge in [0.25, 0.3) is 0 Å². The zero-order valence-corrected chi connectivity index (χ0v) is 24.8. The first-order valence-corrected chi connectivity index (χ1v) is 14.8. The molecule has 3 aromatic rings. The maximum Gasteiger partial charge on any atom is 0.474 e. The number of nitrogens with one attached hydrogen (secondary N) is 1. The lowest BCUT2D eigenvalue weighted by atomic mass is 10.1. The predicted molar refractivity (Wildman–Crippen MR) is 154 cm³/mol. The maximum atomic E-state index is 13.8. The third kappa shape index (κ3) is 9.76. The van der Waals surface area contributed by atoms with E-state index in [0.717, 1.165) is 10.8 Å². The maximum absolute atomic E-state index is 13.8. The van der Waals surface area contributed by atoms with E-state index in [4.69, 9.17) is 29.9 Å². The molecule has 0 bridgehead atoms. The number of anilines is 1. The number of halogens is 2. The lowest BCUT2D eigenvalue weighted by Crippen LogP contribution is -2.41. The fourth-order valence-corrected chi connectivity index (χ4v) is 4.99. The minimum atomic E-state index is -3.59. The number of aromatic nitrogens is 1. The Hall–Kier alpha value is -3.08. The van der Waals surface area contributed by atoms with Crippen LogP contribution in [-0.4, -0.2) is 62.4 Å². The number of pyridine rings is 1. The average Bonchev–Trinajstić information content (AvgIpc) is 2.98. The zero-order valence-electron chi connectivity index (χ0n) is 23.2. The molecular weight excluding hydrogens is 576 g/mol. The summed E-state index contributed by atoms with van der Waals surface area (Å²) < 4.78 is 46.0. The molecule has 13 heteroatoms. The van der Waals surface area contributed by atoms with Crippen LogP contribution in [0.4, 0.5) is 15.0 Å². The summed E-state index contributed by atoms with van der Waals surface area (Å²) in [5, 5.41) is 4.45. The molecule has 0 unspecified atom stereocenters. The number of carbonyl (C=O) groups excluding carboxylic acids is 2. The van der Waals surface area contributed by atoms with Crippen LogP contribution in [0.2, 0.25) is 5.02 Å². The van der Waals surface area contributed by atoms with E-state index in [1.54, 1.807) is 31.4 Å². The first-order valence-electron chi connectivity index (χ1n) is 13.0. The van der Waals surface area contributed by atoms with Gasteiger partial charge in [-0.15, -0.1) is 0 Å². The number of fused-ring (bicyclic) bond motifs is 1. The summed E-state index contributed by atoms with van der Waals surface area (Å²) in [6.07, 6.45) is 2.77. The number of likely N-dealkylation sites (N-methyl/N-ethyl adjacent to an activating group) is 1. The van der Waals surface area contributed by atoms with Crippen molar-refractivity contribution in [3.05, 3.63) is 71.1 Å². The number of benzene rings is 2. The van der Waals surface area contributed by atoms with Crippen molar-refractivity contribution in [1.29, 1.82) is 0 Å². The fourth-order valence-electron chi connectivity index (χ4n) is 4.05. The predicted octanol–water partition coefficient (Wildman–Crippen LogP) is 6.62. The van der Waals surface area contributed by atoms with Crippen molar-refractivity contribution < 1.29 is 36.9 Å². The largest absolute Gasteiger partial charge is 0.474 e. The van der Waals surface area contributed by atoms with Gasteiger partial charge < -0.3 is 9.64 Å². The first kappa shape index (κ1) is 32.4. The Morgan fingerprint density at radius 1 is 1.10 bits per heavy atom. The van der Waals surface area contributed by atoms with E-state index in [1.807, 2.05) is 24.3 Å². The van der Waals surface area contributed by atoms with Crippen molar-refractivity contribution in [1.82, 2.24) is 9.88 Å². The fraction of sp³-hybridized carbons (Fsp3) is 0.393. The van der Waals surface area contributed by atoms with E-state index in [0.29, 0.717) is 30.6 Å². The summed E-state index contributed by atoms with van der Waals surface area (Å²) in [6.45, 7) is 0.0221. The van der Waals surface area contributed by atoms with Crippen LogP contribution in [0.3, 0.4) is 0 Å². The molecule has 0 aliphatic heterocycles. The van der Waals surface area contributed by atoms with Gasteiger partial charge in [0.15, 0.2) is 0 Å². The van der Waals surface area contributed by atoms with Gasteiger partial charge in [-0.2, -0.15) is 0 Å². The van der Waals surface area contributed by atoms with Crippen LogP contribution in [0.15, 0.2) is 54.7 Å². The summed E-state index contributed by atoms with van der Waals surface area (Å²) in [4.78, 5) is 31.4. The number of phosphoric acid groups is 1. The molecule has 1 atom stereocenters. The van der Waals surface area contributed by atoms with Crippen molar-refractivity contribution in [2.45, 2.75) is 38.1 Å². The Balaban J connectivity index is 1.59. The number of unbranched alkanes of at least 4 members (excludes halogenated alkanes) is 1. The summed E-state index contributed by atoms with van der Waals surface area (Å²) in [5.41, 5.74) is 0.529. The molecule has 222 valence electrons. The zero-order chi connectivity index (χ0) is 29.8. The number of carbonyl (C=O) groups is 2. The van der Waals surface area contributed by atoms with Crippen LogP contribution < -0.4 is 5.32 Å². The highest BCUT2D eigenvalue weighted by Crippen LogP contribution is 2.47. The molecule has 41 heavy (non-hydrogen) atoms. The number of rotatable bonds is 15. The van der Waals surface area contributed by atoms with Gasteiger partial charge in [0.05, 0.1) is 17.7 Å². The van der Waals surface area contributed by atoms with Crippen molar-refractivity contribution >= 4 is 48.0 Å². The molecule has 2 aromatic carbocycles. The molecule has 2 amide bonds. The molecule has 1 aromatic heterocycles. The number of nitrogens with zero attached hydrogens (tertiary/aromatic N) is 2. The van der Waals surface area contributed by atoms with E-state index in [-0.39, 0.29) is 37.0 Å². The second kappa shape index (κ2) is 15.8. The van der Waals surface area contributed by atoms with E-state index < -0.39 is 25.8 Å². The van der Waals surface area contributed by atoms with Crippen LogP contribution >= 0.6 is 19.4 Å². The Morgan fingerprint density at radius 2 is 1.83 bits per heavy atom. The van der Waals surface area contributed by atoms with E-state index >= 15 is 0 Å². The number of amides is 2. The topological polar surface area (TPSA) is 116 Å². The van der Waals surface area contributed by atoms with Gasteiger partial charge in [-0.1, -0.05) is 48.0 Å². The highest BCUT2D eigenvalue weighted by Gasteiger charge is 2.24. The Morgan fingerprint density at radius 3 is 2.56 bits per heavy atom. The number of aryl methyl sites for hydroxylation is 1. The van der Waals surface area contributed by atoms with E-state index in [9.17, 15) is 18.5 Å². The third-order valence-corrected chi connectivity index (χ3v) is 8.29. The van der Waals surface area contributed by atoms with Gasteiger partial charge in [-0.05, 0) is 48.8 Å². The molecule has 1 N–H and O–H groups in total. The third-order valence-electron chi connectivity index (χ3n) is 6.48. The molecule has 0 aliphatic carbocycles. The minimum Gasteiger partial charge on any atom is -0.447 e. The number of hydrogen-bond acceptors (Lipinski definition) is 8. The molecule has 3 rings (SSSR count). The van der Waals surface area contributed by atoms with Crippen LogP contribution in [0.5, 0.6) is 0 Å². The standard InChI is InChI=1S/C28H34ClFN3O7P/c1-33(26(34)15-14-20-11-8-13-24(30)27(20)29)23(12-6-7-16-40-41(36,37-2)38-3)19-39-28(35)32-25-17-21-9-4-5-10-22(21)18-31-25/h4-5,8-11,13,17-18,23H,6-7,12,14-16,19H2,1-3H3,(H,31,32,35)/t23-/m0/s1. The lowest BCUT2D eigenvalue weighted by molar-refractivity contribution is -0.132. The summed E-state index contributed by atoms with van der Waals surface area (Å²) in [6, 6.07) is 13.3. The minimum absolute atomic E-state index is 0.00813. The first-order chi connectivity index (χ1) is 19.7. The molecule has 0 saturated heterocycles. The van der Waals surface area contributed by atoms with Gasteiger partial charge in [-0.3, -0.25) is 23.7 Å². The van der Waals surface area contributed by atoms with Gasteiger partial charge in [0, 0.05) is 39.3 Å². The summed E-state index contributed by atoms with van der Waals surface area (Å²) in [7, 11) is 0.491. The van der Waals surface area contributed by atoms with Crippen LogP contribution in [0, 0.1) is 5.82 Å². The lowest BCUT2D eigenvalue weighted by Gasteiger charge is -2.28. The summed E-state index contributed by atoms with van der Waals surface area (Å²) >= 11 is 6.03. The van der Waals surface area contributed by atoms with Crippen molar-refractivity contribution in [2.75, 3.05) is 39.8 Å². The second-order valence-corrected chi connectivity index (χ2v) is 11.4. The number of hydrogen-bond donors (Lipinski definition) is 1. The highest BCUT2D eigenvalue weighted by molar-refractivity contribution is 7.48. The molecule has 0 fully saturated rings.